The molecule has 1 aliphatic heterocycles. The van der Waals surface area contributed by atoms with Crippen LogP contribution in [0.5, 0.6) is 0 Å². The zero-order chi connectivity index (χ0) is 15.5. The molecule has 0 spiro atoms. The normalized spacial score (nSPS) is 17.6. The van der Waals surface area contributed by atoms with Crippen LogP contribution in [0.2, 0.25) is 0 Å². The average molecular weight is 325 g/mol. The van der Waals surface area contributed by atoms with Gasteiger partial charge in [0.05, 0.1) is 0 Å². The molecule has 0 fully saturated rings. The van der Waals surface area contributed by atoms with Gasteiger partial charge in [-0.15, -0.1) is 12.4 Å². The fraction of sp³-hybridized carbons (Fsp3) is 0.611. The van der Waals surface area contributed by atoms with Crippen LogP contribution in [0.3, 0.4) is 0 Å². The molecule has 0 aromatic heterocycles. The van der Waals surface area contributed by atoms with E-state index >= 15 is 0 Å². The molecule has 22 heavy (non-hydrogen) atoms. The highest BCUT2D eigenvalue weighted by atomic mass is 35.5. The summed E-state index contributed by atoms with van der Waals surface area (Å²) in [7, 11) is 0. The molecule has 124 valence electrons. The lowest BCUT2D eigenvalue weighted by atomic mass is 9.83. The molecule has 0 bridgehead atoms. The maximum absolute atomic E-state index is 12.4. The molecule has 0 radical (unpaired) electrons. The first-order valence-corrected chi connectivity index (χ1v) is 7.99. The van der Waals surface area contributed by atoms with Gasteiger partial charge < -0.3 is 10.6 Å². The molecule has 0 aliphatic carbocycles. The van der Waals surface area contributed by atoms with Crippen molar-refractivity contribution in [3.63, 3.8) is 0 Å². The summed E-state index contributed by atoms with van der Waals surface area (Å²) in [5.41, 5.74) is 2.42. The molecule has 1 amide bonds. The van der Waals surface area contributed by atoms with E-state index in [1.54, 1.807) is 0 Å². The average Bonchev–Trinajstić information content (AvgIpc) is 2.43. The molecule has 1 atom stereocenters. The predicted octanol–water partition coefficient (Wildman–Crippen LogP) is 3.48. The fourth-order valence-corrected chi connectivity index (χ4v) is 3.32. The maximum atomic E-state index is 12.4. The number of amides is 1. The zero-order valence-electron chi connectivity index (χ0n) is 14.1. The van der Waals surface area contributed by atoms with Gasteiger partial charge >= 0.3 is 0 Å². The van der Waals surface area contributed by atoms with Crippen molar-refractivity contribution >= 4 is 18.3 Å². The largest absolute Gasteiger partial charge is 0.354 e. The predicted molar refractivity (Wildman–Crippen MR) is 94.4 cm³/mol. The van der Waals surface area contributed by atoms with Crippen molar-refractivity contribution in [1.29, 1.82) is 0 Å². The molecule has 1 aromatic rings. The Morgan fingerprint density at radius 2 is 2.05 bits per heavy atom. The second kappa shape index (κ2) is 7.98. The van der Waals surface area contributed by atoms with Gasteiger partial charge in [0.15, 0.2) is 0 Å². The van der Waals surface area contributed by atoms with E-state index in [2.05, 4.69) is 48.7 Å². The van der Waals surface area contributed by atoms with Crippen molar-refractivity contribution < 1.29 is 4.79 Å². The first-order valence-electron chi connectivity index (χ1n) is 7.99. The van der Waals surface area contributed by atoms with Crippen LogP contribution in [0.1, 0.15) is 51.3 Å². The molecule has 1 aromatic carbocycles. The SMILES string of the molecule is CC(C)CC(C)(C)C(=O)NCC1NCCc2ccccc21.Cl. The second-order valence-electron chi connectivity index (χ2n) is 7.15. The van der Waals surface area contributed by atoms with Gasteiger partial charge in [-0.1, -0.05) is 52.0 Å². The van der Waals surface area contributed by atoms with Crippen molar-refractivity contribution in [3.05, 3.63) is 35.4 Å². The standard InChI is InChI=1S/C18H28N2O.ClH/c1-13(2)11-18(3,4)17(21)20-12-16-15-8-6-5-7-14(15)9-10-19-16;/h5-8,13,16,19H,9-12H2,1-4H3,(H,20,21);1H. The van der Waals surface area contributed by atoms with Gasteiger partial charge in [0.1, 0.15) is 0 Å². The van der Waals surface area contributed by atoms with Crippen molar-refractivity contribution in [3.8, 4) is 0 Å². The van der Waals surface area contributed by atoms with Crippen molar-refractivity contribution in [2.24, 2.45) is 11.3 Å². The topological polar surface area (TPSA) is 41.1 Å². The Hall–Kier alpha value is -1.06. The van der Waals surface area contributed by atoms with Gasteiger partial charge in [0.2, 0.25) is 5.91 Å². The van der Waals surface area contributed by atoms with Crippen LogP contribution >= 0.6 is 12.4 Å². The molecule has 4 heteroatoms. The third-order valence-corrected chi connectivity index (χ3v) is 4.22. The second-order valence-corrected chi connectivity index (χ2v) is 7.15. The minimum absolute atomic E-state index is 0. The highest BCUT2D eigenvalue weighted by Crippen LogP contribution is 2.26. The number of carbonyl (C=O) groups is 1. The highest BCUT2D eigenvalue weighted by molar-refractivity contribution is 5.85. The number of fused-ring (bicyclic) bond motifs is 1. The van der Waals surface area contributed by atoms with Crippen molar-refractivity contribution in [1.82, 2.24) is 10.6 Å². The summed E-state index contributed by atoms with van der Waals surface area (Å²) in [6.45, 7) is 10.0. The van der Waals surface area contributed by atoms with E-state index in [1.165, 1.54) is 11.1 Å². The lowest BCUT2D eigenvalue weighted by Gasteiger charge is -2.30. The summed E-state index contributed by atoms with van der Waals surface area (Å²) in [4.78, 5) is 12.4. The van der Waals surface area contributed by atoms with E-state index in [0.717, 1.165) is 19.4 Å². The third kappa shape index (κ3) is 4.72. The van der Waals surface area contributed by atoms with Crippen molar-refractivity contribution in [2.75, 3.05) is 13.1 Å². The molecule has 2 rings (SSSR count). The molecule has 1 unspecified atom stereocenters. The Labute approximate surface area is 140 Å². The minimum atomic E-state index is -0.303. The molecule has 0 saturated heterocycles. The number of halogens is 1. The van der Waals surface area contributed by atoms with Gasteiger partial charge in [-0.25, -0.2) is 0 Å². The molecular weight excluding hydrogens is 296 g/mol. The quantitative estimate of drug-likeness (QED) is 0.870. The Balaban J connectivity index is 0.00000242. The minimum Gasteiger partial charge on any atom is -0.354 e. The summed E-state index contributed by atoms with van der Waals surface area (Å²) >= 11 is 0. The Morgan fingerprint density at radius 3 is 2.73 bits per heavy atom. The monoisotopic (exact) mass is 324 g/mol. The number of hydrogen-bond acceptors (Lipinski definition) is 2. The lowest BCUT2D eigenvalue weighted by Crippen LogP contribution is -2.43. The Morgan fingerprint density at radius 1 is 1.36 bits per heavy atom. The number of hydrogen-bond donors (Lipinski definition) is 2. The molecule has 1 heterocycles. The van der Waals surface area contributed by atoms with Crippen LogP contribution < -0.4 is 10.6 Å². The summed E-state index contributed by atoms with van der Waals surface area (Å²) in [5.74, 6) is 0.681. The van der Waals surface area contributed by atoms with Gasteiger partial charge in [-0.2, -0.15) is 0 Å². The van der Waals surface area contributed by atoms with Gasteiger partial charge in [-0.3, -0.25) is 4.79 Å². The zero-order valence-corrected chi connectivity index (χ0v) is 14.9. The van der Waals surface area contributed by atoms with E-state index in [0.29, 0.717) is 12.5 Å². The summed E-state index contributed by atoms with van der Waals surface area (Å²) < 4.78 is 0. The van der Waals surface area contributed by atoms with Crippen LogP contribution in [0, 0.1) is 11.3 Å². The first kappa shape index (κ1) is 19.0. The smallest absolute Gasteiger partial charge is 0.225 e. The van der Waals surface area contributed by atoms with E-state index in [1.807, 2.05) is 13.8 Å². The van der Waals surface area contributed by atoms with E-state index in [-0.39, 0.29) is 29.8 Å². The first-order chi connectivity index (χ1) is 9.90. The molecule has 1 aliphatic rings. The van der Waals surface area contributed by atoms with Crippen LogP contribution in [-0.2, 0) is 11.2 Å². The number of nitrogens with one attached hydrogen (secondary N) is 2. The van der Waals surface area contributed by atoms with Crippen molar-refractivity contribution in [2.45, 2.75) is 46.6 Å². The van der Waals surface area contributed by atoms with Gasteiger partial charge in [-0.05, 0) is 36.4 Å². The lowest BCUT2D eigenvalue weighted by molar-refractivity contribution is -0.130. The molecule has 0 saturated carbocycles. The third-order valence-electron chi connectivity index (χ3n) is 4.22. The number of benzene rings is 1. The Bertz CT molecular complexity index is 500. The summed E-state index contributed by atoms with van der Waals surface area (Å²) in [5, 5.41) is 6.65. The van der Waals surface area contributed by atoms with Crippen LogP contribution in [-0.4, -0.2) is 19.0 Å². The van der Waals surface area contributed by atoms with E-state index in [9.17, 15) is 4.79 Å². The number of rotatable bonds is 5. The number of carbonyl (C=O) groups excluding carboxylic acids is 1. The van der Waals surface area contributed by atoms with E-state index in [4.69, 9.17) is 0 Å². The Kier molecular flexibility index (Phi) is 6.89. The van der Waals surface area contributed by atoms with E-state index < -0.39 is 0 Å². The van der Waals surface area contributed by atoms with Crippen LogP contribution in [0.15, 0.2) is 24.3 Å². The van der Waals surface area contributed by atoms with Gasteiger partial charge in [0.25, 0.3) is 0 Å². The molecular formula is C18H29ClN2O. The summed E-state index contributed by atoms with van der Waals surface area (Å²) in [6.07, 6.45) is 1.98. The van der Waals surface area contributed by atoms with Crippen LogP contribution in [0.4, 0.5) is 0 Å². The molecule has 3 nitrogen and oxygen atoms in total. The summed E-state index contributed by atoms with van der Waals surface area (Å²) in [6, 6.07) is 8.74. The maximum Gasteiger partial charge on any atom is 0.225 e. The van der Waals surface area contributed by atoms with Crippen LogP contribution in [0.25, 0.3) is 0 Å². The van der Waals surface area contributed by atoms with Gasteiger partial charge in [0, 0.05) is 18.0 Å². The molecule has 2 N–H and O–H groups in total. The fourth-order valence-electron chi connectivity index (χ4n) is 3.32. The highest BCUT2D eigenvalue weighted by Gasteiger charge is 2.29.